The molecular formula is C23H20FN7S. The molecule has 9 heteroatoms. The number of aryl methyl sites for hydroxylation is 1. The fraction of sp³-hybridized carbons (Fsp3) is 0.130. The summed E-state index contributed by atoms with van der Waals surface area (Å²) in [5, 5.41) is 4.77. The van der Waals surface area contributed by atoms with E-state index in [9.17, 15) is 4.39 Å². The smallest absolute Gasteiger partial charge is 0.149 e. The van der Waals surface area contributed by atoms with Gasteiger partial charge in [-0.15, -0.1) is 0 Å². The number of aromatic nitrogens is 4. The summed E-state index contributed by atoms with van der Waals surface area (Å²) in [6.45, 7) is 6.11. The van der Waals surface area contributed by atoms with E-state index in [0.29, 0.717) is 35.2 Å². The van der Waals surface area contributed by atoms with Crippen LogP contribution in [-0.4, -0.2) is 38.4 Å². The second-order valence-electron chi connectivity index (χ2n) is 6.89. The predicted molar refractivity (Wildman–Crippen MR) is 127 cm³/mol. The number of pyridine rings is 4. The van der Waals surface area contributed by atoms with Crippen LogP contribution in [-0.2, 0) is 6.54 Å². The van der Waals surface area contributed by atoms with Gasteiger partial charge in [0.1, 0.15) is 16.6 Å². The van der Waals surface area contributed by atoms with E-state index in [4.69, 9.17) is 0 Å². The summed E-state index contributed by atoms with van der Waals surface area (Å²) < 4.78 is 18.5. The highest BCUT2D eigenvalue weighted by atomic mass is 32.2. The molecule has 0 saturated carbocycles. The number of rotatable bonds is 7. The van der Waals surface area contributed by atoms with Crippen LogP contribution in [0, 0.1) is 12.7 Å². The fourth-order valence-corrected chi connectivity index (χ4v) is 3.57. The number of nitrogens with zero attached hydrogens (tertiary/aromatic N) is 6. The Kier molecular flexibility index (Phi) is 6.88. The largest absolute Gasteiger partial charge is 0.294 e. The van der Waals surface area contributed by atoms with E-state index in [1.165, 1.54) is 6.07 Å². The molecule has 4 rings (SSSR count). The highest BCUT2D eigenvalue weighted by Crippen LogP contribution is 2.21. The van der Waals surface area contributed by atoms with Gasteiger partial charge in [-0.1, -0.05) is 6.07 Å². The average Bonchev–Trinajstić information content (AvgIpc) is 2.81. The Morgan fingerprint density at radius 3 is 2.81 bits per heavy atom. The molecule has 0 atom stereocenters. The lowest BCUT2D eigenvalue weighted by molar-refractivity contribution is 0.618. The molecule has 0 unspecified atom stereocenters. The molecule has 0 aromatic carbocycles. The van der Waals surface area contributed by atoms with Gasteiger partial charge in [-0.3, -0.25) is 30.2 Å². The molecule has 1 N–H and O–H groups in total. The maximum Gasteiger partial charge on any atom is 0.149 e. The molecule has 4 aromatic heterocycles. The van der Waals surface area contributed by atoms with Gasteiger partial charge < -0.3 is 0 Å². The van der Waals surface area contributed by atoms with Crippen LogP contribution in [0.3, 0.4) is 0 Å². The van der Waals surface area contributed by atoms with Gasteiger partial charge in [-0.2, -0.15) is 0 Å². The molecule has 160 valence electrons. The Morgan fingerprint density at radius 2 is 2.00 bits per heavy atom. The number of halogens is 1. The second kappa shape index (κ2) is 10.2. The zero-order chi connectivity index (χ0) is 22.3. The van der Waals surface area contributed by atoms with E-state index in [-0.39, 0.29) is 5.82 Å². The van der Waals surface area contributed by atoms with Gasteiger partial charge in [0.05, 0.1) is 24.1 Å². The summed E-state index contributed by atoms with van der Waals surface area (Å²) in [5.41, 5.74) is 4.05. The van der Waals surface area contributed by atoms with Gasteiger partial charge in [0.2, 0.25) is 0 Å². The van der Waals surface area contributed by atoms with Crippen LogP contribution in [0.2, 0.25) is 0 Å². The Balaban J connectivity index is 1.43. The molecule has 0 aliphatic carbocycles. The van der Waals surface area contributed by atoms with Crippen LogP contribution in [0.15, 0.2) is 70.6 Å². The normalized spacial score (nSPS) is 11.6. The van der Waals surface area contributed by atoms with Gasteiger partial charge in [0.15, 0.2) is 0 Å². The van der Waals surface area contributed by atoms with Crippen molar-refractivity contribution in [2.75, 3.05) is 6.67 Å². The van der Waals surface area contributed by atoms with Crippen LogP contribution in [0.25, 0.3) is 22.2 Å². The third kappa shape index (κ3) is 5.19. The lowest BCUT2D eigenvalue weighted by Gasteiger charge is -2.07. The van der Waals surface area contributed by atoms with Crippen LogP contribution >= 0.6 is 11.9 Å². The number of fused-ring (bicyclic) bond motifs is 1. The molecule has 0 spiro atoms. The minimum absolute atomic E-state index is 0.303. The summed E-state index contributed by atoms with van der Waals surface area (Å²) in [7, 11) is 0. The van der Waals surface area contributed by atoms with Gasteiger partial charge in [-0.25, -0.2) is 8.79 Å². The summed E-state index contributed by atoms with van der Waals surface area (Å²) in [4.78, 5) is 21.7. The molecule has 0 amide bonds. The van der Waals surface area contributed by atoms with Gasteiger partial charge in [-0.05, 0) is 49.5 Å². The Hall–Kier alpha value is -3.56. The van der Waals surface area contributed by atoms with Crippen molar-refractivity contribution in [3.8, 4) is 11.3 Å². The second-order valence-corrected chi connectivity index (χ2v) is 7.72. The van der Waals surface area contributed by atoms with Gasteiger partial charge in [0.25, 0.3) is 0 Å². The third-order valence-electron chi connectivity index (χ3n) is 4.59. The first-order valence-electron chi connectivity index (χ1n) is 9.81. The summed E-state index contributed by atoms with van der Waals surface area (Å²) >= 11 is 1.15. The third-order valence-corrected chi connectivity index (χ3v) is 5.23. The number of hydrogen-bond donors (Lipinski definition) is 1. The standard InChI is InChI=1S/C23H20FN7S/c1-15-8-18(5-7-27-15)22-19(24)9-16(12-30-22)11-26-14-31-23(32-25-2)20-10-17-4-3-6-28-21(17)13-29-20/h3-10,12-13,26H,2,11,14H2,1H3/b31-23-. The zero-order valence-corrected chi connectivity index (χ0v) is 18.2. The Morgan fingerprint density at radius 1 is 1.09 bits per heavy atom. The van der Waals surface area contributed by atoms with Crippen molar-refractivity contribution in [3.63, 3.8) is 0 Å². The lowest BCUT2D eigenvalue weighted by Crippen LogP contribution is -2.15. The minimum atomic E-state index is -0.375. The highest BCUT2D eigenvalue weighted by Gasteiger charge is 2.10. The van der Waals surface area contributed by atoms with E-state index in [2.05, 4.69) is 41.4 Å². The molecule has 0 saturated heterocycles. The fourth-order valence-electron chi connectivity index (χ4n) is 3.12. The van der Waals surface area contributed by atoms with Gasteiger partial charge in [0, 0.05) is 53.7 Å². The first-order chi connectivity index (χ1) is 15.6. The Bertz CT molecular complexity index is 1290. The first kappa shape index (κ1) is 21.7. The minimum Gasteiger partial charge on any atom is -0.294 e. The SMILES string of the molecule is C=NS/C(=N\CNCc1cnc(-c2ccnc(C)c2)c(F)c1)c1cc2cccnc2cn1. The van der Waals surface area contributed by atoms with Crippen LogP contribution in [0.1, 0.15) is 17.0 Å². The van der Waals surface area contributed by atoms with Crippen molar-refractivity contribution in [1.29, 1.82) is 0 Å². The maximum absolute atomic E-state index is 14.6. The van der Waals surface area contributed by atoms with E-state index in [1.54, 1.807) is 30.9 Å². The van der Waals surface area contributed by atoms with E-state index in [1.807, 2.05) is 31.2 Å². The van der Waals surface area contributed by atoms with Crippen LogP contribution in [0.5, 0.6) is 0 Å². The molecule has 0 aliphatic heterocycles. The van der Waals surface area contributed by atoms with Crippen molar-refractivity contribution in [1.82, 2.24) is 25.3 Å². The molecule has 4 heterocycles. The Labute approximate surface area is 189 Å². The van der Waals surface area contributed by atoms with Crippen LogP contribution < -0.4 is 5.32 Å². The molecule has 0 fully saturated rings. The molecule has 0 bridgehead atoms. The molecule has 0 aliphatic rings. The molecule has 7 nitrogen and oxygen atoms in total. The molecule has 32 heavy (non-hydrogen) atoms. The quantitative estimate of drug-likeness (QED) is 0.197. The maximum atomic E-state index is 14.6. The summed E-state index contributed by atoms with van der Waals surface area (Å²) in [6, 6.07) is 10.8. The van der Waals surface area contributed by atoms with Crippen molar-refractivity contribution in [2.45, 2.75) is 13.5 Å². The average molecular weight is 446 g/mol. The van der Waals surface area contributed by atoms with Crippen LogP contribution in [0.4, 0.5) is 4.39 Å². The highest BCUT2D eigenvalue weighted by molar-refractivity contribution is 8.13. The van der Waals surface area contributed by atoms with Crippen molar-refractivity contribution < 1.29 is 4.39 Å². The van der Waals surface area contributed by atoms with Crippen molar-refractivity contribution in [2.24, 2.45) is 9.39 Å². The van der Waals surface area contributed by atoms with Gasteiger partial charge >= 0.3 is 0 Å². The van der Waals surface area contributed by atoms with E-state index < -0.39 is 0 Å². The predicted octanol–water partition coefficient (Wildman–Crippen LogP) is 4.38. The number of aliphatic imine (C=N–C) groups is 1. The van der Waals surface area contributed by atoms with Crippen molar-refractivity contribution >= 4 is 34.6 Å². The topological polar surface area (TPSA) is 88.3 Å². The zero-order valence-electron chi connectivity index (χ0n) is 17.4. The van der Waals surface area contributed by atoms with Crippen molar-refractivity contribution in [3.05, 3.63) is 84.0 Å². The van der Waals surface area contributed by atoms with E-state index >= 15 is 0 Å². The number of hydrogen-bond acceptors (Lipinski definition) is 8. The monoisotopic (exact) mass is 445 g/mol. The lowest BCUT2D eigenvalue weighted by atomic mass is 10.1. The summed E-state index contributed by atoms with van der Waals surface area (Å²) in [6.07, 6.45) is 6.74. The number of nitrogens with one attached hydrogen (secondary N) is 1. The summed E-state index contributed by atoms with van der Waals surface area (Å²) in [5.74, 6) is -0.375. The first-order valence-corrected chi connectivity index (χ1v) is 10.6. The van der Waals surface area contributed by atoms with E-state index in [0.717, 1.165) is 34.1 Å². The molecule has 0 radical (unpaired) electrons. The molecular weight excluding hydrogens is 425 g/mol. The molecule has 4 aromatic rings.